The summed E-state index contributed by atoms with van der Waals surface area (Å²) in [6.07, 6.45) is 3.45. The van der Waals surface area contributed by atoms with Crippen LogP contribution in [0.4, 0.5) is 0 Å². The van der Waals surface area contributed by atoms with E-state index in [0.29, 0.717) is 6.04 Å². The summed E-state index contributed by atoms with van der Waals surface area (Å²) >= 11 is 0. The van der Waals surface area contributed by atoms with Gasteiger partial charge in [-0.3, -0.25) is 0 Å². The number of rotatable bonds is 2. The second-order valence-electron chi connectivity index (χ2n) is 4.78. The Bertz CT molecular complexity index is 545. The number of fused-ring (bicyclic) bond motifs is 1. The van der Waals surface area contributed by atoms with Crippen LogP contribution < -0.4 is 4.74 Å². The lowest BCUT2D eigenvalue weighted by molar-refractivity contribution is 0.414. The third-order valence-electron chi connectivity index (χ3n) is 3.58. The van der Waals surface area contributed by atoms with Gasteiger partial charge in [-0.05, 0) is 44.0 Å². The molecule has 1 unspecified atom stereocenters. The molecule has 0 fully saturated rings. The van der Waals surface area contributed by atoms with E-state index in [2.05, 4.69) is 21.7 Å². The summed E-state index contributed by atoms with van der Waals surface area (Å²) in [4.78, 5) is 0. The van der Waals surface area contributed by atoms with E-state index in [1.54, 1.807) is 7.11 Å². The Labute approximate surface area is 107 Å². The highest BCUT2D eigenvalue weighted by Crippen LogP contribution is 2.30. The van der Waals surface area contributed by atoms with Crippen LogP contribution in [0.15, 0.2) is 24.3 Å². The summed E-state index contributed by atoms with van der Waals surface area (Å²) in [5.41, 5.74) is 1.10. The molecule has 94 valence electrons. The molecular weight excluding hydrogens is 226 g/mol. The molecule has 4 heteroatoms. The number of hydrogen-bond donors (Lipinski definition) is 0. The normalized spacial score (nSPS) is 18.4. The maximum absolute atomic E-state index is 5.18. The van der Waals surface area contributed by atoms with Crippen LogP contribution in [0, 0.1) is 0 Å². The Kier molecular flexibility index (Phi) is 2.78. The smallest absolute Gasteiger partial charge is 0.164 e. The summed E-state index contributed by atoms with van der Waals surface area (Å²) in [7, 11) is 1.68. The van der Waals surface area contributed by atoms with Crippen LogP contribution in [0.1, 0.15) is 31.6 Å². The van der Waals surface area contributed by atoms with E-state index in [-0.39, 0.29) is 0 Å². The van der Waals surface area contributed by atoms with Crippen molar-refractivity contribution in [3.63, 3.8) is 0 Å². The van der Waals surface area contributed by atoms with E-state index in [0.717, 1.165) is 29.4 Å². The van der Waals surface area contributed by atoms with Crippen molar-refractivity contribution in [3.8, 4) is 17.1 Å². The first kappa shape index (κ1) is 11.3. The Balaban J connectivity index is 2.03. The molecule has 0 N–H and O–H groups in total. The second-order valence-corrected chi connectivity index (χ2v) is 4.78. The van der Waals surface area contributed by atoms with Crippen molar-refractivity contribution >= 4 is 0 Å². The number of benzene rings is 1. The minimum atomic E-state index is 0.487. The molecule has 0 amide bonds. The first-order chi connectivity index (χ1) is 8.79. The topological polar surface area (TPSA) is 39.9 Å². The van der Waals surface area contributed by atoms with Crippen molar-refractivity contribution in [1.29, 1.82) is 0 Å². The predicted molar refractivity (Wildman–Crippen MR) is 69.7 cm³/mol. The van der Waals surface area contributed by atoms with E-state index < -0.39 is 0 Å². The van der Waals surface area contributed by atoms with Gasteiger partial charge in [-0.1, -0.05) is 0 Å². The molecule has 0 spiro atoms. The first-order valence-corrected chi connectivity index (χ1v) is 6.38. The van der Waals surface area contributed by atoms with Crippen LogP contribution in [0.25, 0.3) is 11.4 Å². The predicted octanol–water partition coefficient (Wildman–Crippen LogP) is 2.85. The molecule has 0 saturated heterocycles. The van der Waals surface area contributed by atoms with Crippen LogP contribution in [0.5, 0.6) is 5.75 Å². The number of aromatic nitrogens is 3. The fourth-order valence-corrected chi connectivity index (χ4v) is 2.58. The molecule has 1 atom stereocenters. The van der Waals surface area contributed by atoms with Crippen LogP contribution in [-0.2, 0) is 6.42 Å². The van der Waals surface area contributed by atoms with Crippen LogP contribution in [-0.4, -0.2) is 21.9 Å². The fraction of sp³-hybridized carbons (Fsp3) is 0.429. The van der Waals surface area contributed by atoms with Gasteiger partial charge in [0, 0.05) is 18.0 Å². The van der Waals surface area contributed by atoms with Gasteiger partial charge >= 0.3 is 0 Å². The van der Waals surface area contributed by atoms with Crippen molar-refractivity contribution in [2.24, 2.45) is 0 Å². The minimum absolute atomic E-state index is 0.487. The molecule has 3 rings (SSSR count). The Morgan fingerprint density at radius 1 is 1.22 bits per heavy atom. The molecule has 1 aromatic heterocycles. The molecule has 0 saturated carbocycles. The molecule has 1 aromatic carbocycles. The van der Waals surface area contributed by atoms with Crippen molar-refractivity contribution < 1.29 is 4.74 Å². The minimum Gasteiger partial charge on any atom is -0.497 e. The van der Waals surface area contributed by atoms with Gasteiger partial charge in [0.2, 0.25) is 0 Å². The second kappa shape index (κ2) is 4.44. The molecule has 2 aromatic rings. The van der Waals surface area contributed by atoms with Gasteiger partial charge in [0.1, 0.15) is 11.6 Å². The van der Waals surface area contributed by atoms with Gasteiger partial charge in [0.25, 0.3) is 0 Å². The van der Waals surface area contributed by atoms with Crippen molar-refractivity contribution in [3.05, 3.63) is 30.1 Å². The Morgan fingerprint density at radius 3 is 2.72 bits per heavy atom. The molecule has 4 nitrogen and oxygen atoms in total. The van der Waals surface area contributed by atoms with E-state index >= 15 is 0 Å². The highest BCUT2D eigenvalue weighted by Gasteiger charge is 2.22. The zero-order valence-electron chi connectivity index (χ0n) is 10.8. The molecule has 0 aliphatic carbocycles. The third kappa shape index (κ3) is 1.78. The maximum Gasteiger partial charge on any atom is 0.164 e. The quantitative estimate of drug-likeness (QED) is 0.814. The molecule has 1 aliphatic heterocycles. The molecular formula is C14H17N3O. The monoisotopic (exact) mass is 243 g/mol. The van der Waals surface area contributed by atoms with Gasteiger partial charge in [-0.2, -0.15) is 0 Å². The van der Waals surface area contributed by atoms with E-state index in [4.69, 9.17) is 4.74 Å². The average Bonchev–Trinajstić information content (AvgIpc) is 2.84. The van der Waals surface area contributed by atoms with Crippen molar-refractivity contribution in [2.45, 2.75) is 32.2 Å². The highest BCUT2D eigenvalue weighted by molar-refractivity contribution is 5.57. The molecule has 2 heterocycles. The van der Waals surface area contributed by atoms with Gasteiger partial charge in [-0.15, -0.1) is 10.2 Å². The number of methoxy groups -OCH3 is 1. The van der Waals surface area contributed by atoms with E-state index in [9.17, 15) is 0 Å². The lowest BCUT2D eigenvalue weighted by Gasteiger charge is -2.22. The van der Waals surface area contributed by atoms with Crippen LogP contribution in [0.3, 0.4) is 0 Å². The van der Waals surface area contributed by atoms with Gasteiger partial charge in [0.15, 0.2) is 5.82 Å². The highest BCUT2D eigenvalue weighted by atomic mass is 16.5. The summed E-state index contributed by atoms with van der Waals surface area (Å²) in [5, 5.41) is 8.65. The number of ether oxygens (including phenoxy) is 1. The largest absolute Gasteiger partial charge is 0.497 e. The number of nitrogens with zero attached hydrogens (tertiary/aromatic N) is 3. The molecule has 0 bridgehead atoms. The van der Waals surface area contributed by atoms with Crippen molar-refractivity contribution in [2.75, 3.05) is 7.11 Å². The first-order valence-electron chi connectivity index (χ1n) is 6.38. The summed E-state index contributed by atoms with van der Waals surface area (Å²) in [6.45, 7) is 2.24. The molecule has 18 heavy (non-hydrogen) atoms. The maximum atomic E-state index is 5.18. The summed E-state index contributed by atoms with van der Waals surface area (Å²) in [5.74, 6) is 2.95. The average molecular weight is 243 g/mol. The van der Waals surface area contributed by atoms with E-state index in [1.807, 2.05) is 24.3 Å². The molecule has 1 aliphatic rings. The van der Waals surface area contributed by atoms with Crippen LogP contribution in [0.2, 0.25) is 0 Å². The van der Waals surface area contributed by atoms with E-state index in [1.165, 1.54) is 12.8 Å². The lowest BCUT2D eigenvalue weighted by Crippen LogP contribution is -2.16. The van der Waals surface area contributed by atoms with Crippen LogP contribution >= 0.6 is 0 Å². The molecule has 0 radical (unpaired) electrons. The third-order valence-corrected chi connectivity index (χ3v) is 3.58. The lowest BCUT2D eigenvalue weighted by atomic mass is 10.1. The number of hydrogen-bond acceptors (Lipinski definition) is 3. The Morgan fingerprint density at radius 2 is 2.00 bits per heavy atom. The zero-order chi connectivity index (χ0) is 12.5. The Hall–Kier alpha value is -1.84. The van der Waals surface area contributed by atoms with Gasteiger partial charge < -0.3 is 9.30 Å². The van der Waals surface area contributed by atoms with Crippen molar-refractivity contribution in [1.82, 2.24) is 14.8 Å². The SMILES string of the molecule is COc1ccc(-c2nnc3n2C(C)CCC3)cc1. The van der Waals surface area contributed by atoms with Gasteiger partial charge in [0.05, 0.1) is 7.11 Å². The standard InChI is InChI=1S/C14H17N3O/c1-10-4-3-5-13-15-16-14(17(10)13)11-6-8-12(18-2)9-7-11/h6-10H,3-5H2,1-2H3. The fourth-order valence-electron chi connectivity index (χ4n) is 2.58. The summed E-state index contributed by atoms with van der Waals surface area (Å²) < 4.78 is 7.45. The number of aryl methyl sites for hydroxylation is 1. The van der Waals surface area contributed by atoms with Gasteiger partial charge in [-0.25, -0.2) is 0 Å². The summed E-state index contributed by atoms with van der Waals surface area (Å²) in [6, 6.07) is 8.49. The zero-order valence-corrected chi connectivity index (χ0v) is 10.8.